The molecule has 0 unspecified atom stereocenters. The summed E-state index contributed by atoms with van der Waals surface area (Å²) in [5, 5.41) is 2.74. The maximum atomic E-state index is 12.8. The molecular formula is C20H29N3O5S. The molecule has 0 atom stereocenters. The van der Waals surface area contributed by atoms with Gasteiger partial charge >= 0.3 is 0 Å². The number of benzene rings is 1. The first-order valence-electron chi connectivity index (χ1n) is 10.1. The zero-order valence-electron chi connectivity index (χ0n) is 16.8. The number of nitrogens with zero attached hydrogens (tertiary/aromatic N) is 2. The van der Waals surface area contributed by atoms with E-state index in [1.165, 1.54) is 23.5 Å². The monoisotopic (exact) mass is 423 g/mol. The van der Waals surface area contributed by atoms with Crippen LogP contribution in [0.4, 0.5) is 0 Å². The largest absolute Gasteiger partial charge is 0.497 e. The fourth-order valence-electron chi connectivity index (χ4n) is 3.82. The first-order chi connectivity index (χ1) is 13.9. The summed E-state index contributed by atoms with van der Waals surface area (Å²) < 4.78 is 32.1. The number of hydrogen-bond acceptors (Lipinski definition) is 5. The van der Waals surface area contributed by atoms with Gasteiger partial charge in [-0.25, -0.2) is 8.42 Å². The van der Waals surface area contributed by atoms with Gasteiger partial charge in [0.2, 0.25) is 21.8 Å². The van der Waals surface area contributed by atoms with Gasteiger partial charge in [-0.1, -0.05) is 0 Å². The Hall–Kier alpha value is -2.13. The third kappa shape index (κ3) is 5.27. The van der Waals surface area contributed by atoms with Crippen LogP contribution in [0.25, 0.3) is 0 Å². The van der Waals surface area contributed by atoms with Crippen LogP contribution < -0.4 is 10.1 Å². The van der Waals surface area contributed by atoms with Gasteiger partial charge in [0, 0.05) is 32.1 Å². The predicted octanol–water partition coefficient (Wildman–Crippen LogP) is 1.22. The number of ether oxygens (including phenoxy) is 1. The van der Waals surface area contributed by atoms with Gasteiger partial charge in [0.05, 0.1) is 18.6 Å². The van der Waals surface area contributed by atoms with E-state index in [0.717, 1.165) is 32.4 Å². The Morgan fingerprint density at radius 3 is 2.24 bits per heavy atom. The molecule has 2 saturated heterocycles. The number of sulfonamides is 1. The van der Waals surface area contributed by atoms with Crippen molar-refractivity contribution in [2.24, 2.45) is 5.92 Å². The number of rotatable bonds is 6. The molecule has 2 aliphatic heterocycles. The average Bonchev–Trinajstić information content (AvgIpc) is 2.78. The fraction of sp³-hybridized carbons (Fsp3) is 0.600. The van der Waals surface area contributed by atoms with Crippen molar-refractivity contribution in [2.45, 2.75) is 37.0 Å². The fourth-order valence-corrected chi connectivity index (χ4v) is 5.29. The molecule has 2 fully saturated rings. The summed E-state index contributed by atoms with van der Waals surface area (Å²) in [6, 6.07) is 6.29. The number of carbonyl (C=O) groups is 2. The summed E-state index contributed by atoms with van der Waals surface area (Å²) in [6.07, 6.45) is 4.06. The van der Waals surface area contributed by atoms with Crippen molar-refractivity contribution in [3.63, 3.8) is 0 Å². The number of nitrogens with one attached hydrogen (secondary N) is 1. The lowest BCUT2D eigenvalue weighted by molar-refractivity contribution is -0.134. The third-order valence-electron chi connectivity index (χ3n) is 5.64. The average molecular weight is 424 g/mol. The molecule has 29 heavy (non-hydrogen) atoms. The highest BCUT2D eigenvalue weighted by atomic mass is 32.2. The Bertz CT molecular complexity index is 811. The molecule has 2 amide bonds. The molecule has 0 spiro atoms. The van der Waals surface area contributed by atoms with E-state index in [-0.39, 0.29) is 42.3 Å². The van der Waals surface area contributed by atoms with Gasteiger partial charge in [-0.05, 0) is 56.4 Å². The maximum absolute atomic E-state index is 12.8. The van der Waals surface area contributed by atoms with Crippen molar-refractivity contribution in [3.8, 4) is 5.75 Å². The Balaban J connectivity index is 1.48. The van der Waals surface area contributed by atoms with Gasteiger partial charge < -0.3 is 15.0 Å². The van der Waals surface area contributed by atoms with Crippen LogP contribution in [-0.4, -0.2) is 69.3 Å². The summed E-state index contributed by atoms with van der Waals surface area (Å²) in [5.74, 6) is 0.110. The van der Waals surface area contributed by atoms with Gasteiger partial charge in [0.25, 0.3) is 0 Å². The van der Waals surface area contributed by atoms with Gasteiger partial charge in [-0.15, -0.1) is 0 Å². The minimum absolute atomic E-state index is 0.0171. The minimum Gasteiger partial charge on any atom is -0.497 e. The highest BCUT2D eigenvalue weighted by Gasteiger charge is 2.32. The second-order valence-electron chi connectivity index (χ2n) is 7.51. The van der Waals surface area contributed by atoms with Crippen LogP contribution >= 0.6 is 0 Å². The van der Waals surface area contributed by atoms with Crippen molar-refractivity contribution in [1.29, 1.82) is 0 Å². The molecule has 0 radical (unpaired) electrons. The van der Waals surface area contributed by atoms with Gasteiger partial charge in [0.1, 0.15) is 5.75 Å². The second kappa shape index (κ2) is 9.58. The Morgan fingerprint density at radius 1 is 1.03 bits per heavy atom. The zero-order chi connectivity index (χ0) is 20.9. The van der Waals surface area contributed by atoms with E-state index < -0.39 is 10.0 Å². The molecule has 0 saturated carbocycles. The van der Waals surface area contributed by atoms with Crippen LogP contribution in [-0.2, 0) is 19.6 Å². The van der Waals surface area contributed by atoms with Crippen LogP contribution in [0, 0.1) is 5.92 Å². The SMILES string of the molecule is COc1ccc(S(=O)(=O)N2CCC(C(=O)NCC(=O)N3CCCCC3)CC2)cc1. The summed E-state index contributed by atoms with van der Waals surface area (Å²) in [5.41, 5.74) is 0. The van der Waals surface area contributed by atoms with Crippen LogP contribution in [0.3, 0.4) is 0 Å². The third-order valence-corrected chi connectivity index (χ3v) is 7.56. The van der Waals surface area contributed by atoms with Crippen molar-refractivity contribution >= 4 is 21.8 Å². The second-order valence-corrected chi connectivity index (χ2v) is 9.45. The predicted molar refractivity (Wildman–Crippen MR) is 108 cm³/mol. The highest BCUT2D eigenvalue weighted by molar-refractivity contribution is 7.89. The van der Waals surface area contributed by atoms with E-state index in [1.807, 2.05) is 0 Å². The normalized spacial score (nSPS) is 19.0. The lowest BCUT2D eigenvalue weighted by Gasteiger charge is -2.31. The molecule has 0 aliphatic carbocycles. The summed E-state index contributed by atoms with van der Waals surface area (Å²) in [7, 11) is -2.06. The van der Waals surface area contributed by atoms with E-state index in [4.69, 9.17) is 4.74 Å². The van der Waals surface area contributed by atoms with E-state index in [9.17, 15) is 18.0 Å². The van der Waals surface area contributed by atoms with Crippen LogP contribution in [0.5, 0.6) is 5.75 Å². The highest BCUT2D eigenvalue weighted by Crippen LogP contribution is 2.25. The zero-order valence-corrected chi connectivity index (χ0v) is 17.6. The van der Waals surface area contributed by atoms with Crippen molar-refractivity contribution in [3.05, 3.63) is 24.3 Å². The van der Waals surface area contributed by atoms with Gasteiger partial charge in [-0.3, -0.25) is 9.59 Å². The van der Waals surface area contributed by atoms with Crippen LogP contribution in [0.15, 0.2) is 29.2 Å². The van der Waals surface area contributed by atoms with Crippen molar-refractivity contribution in [2.75, 3.05) is 39.8 Å². The topological polar surface area (TPSA) is 96.0 Å². The summed E-state index contributed by atoms with van der Waals surface area (Å²) >= 11 is 0. The molecule has 9 heteroatoms. The van der Waals surface area contributed by atoms with E-state index >= 15 is 0 Å². The smallest absolute Gasteiger partial charge is 0.243 e. The number of carbonyl (C=O) groups excluding carboxylic acids is 2. The first-order valence-corrected chi connectivity index (χ1v) is 11.6. The summed E-state index contributed by atoms with van der Waals surface area (Å²) in [4.78, 5) is 26.6. The quantitative estimate of drug-likeness (QED) is 0.742. The molecule has 2 aliphatic rings. The molecule has 2 heterocycles. The number of methoxy groups -OCH3 is 1. The molecule has 1 aromatic carbocycles. The molecule has 0 bridgehead atoms. The van der Waals surface area contributed by atoms with Crippen molar-refractivity contribution < 1.29 is 22.7 Å². The molecule has 1 aromatic rings. The summed E-state index contributed by atoms with van der Waals surface area (Å²) in [6.45, 7) is 2.11. The van der Waals surface area contributed by atoms with Crippen molar-refractivity contribution in [1.82, 2.24) is 14.5 Å². The molecular weight excluding hydrogens is 394 g/mol. The van der Waals surface area contributed by atoms with Crippen LogP contribution in [0.2, 0.25) is 0 Å². The number of likely N-dealkylation sites (tertiary alicyclic amines) is 1. The number of amides is 2. The molecule has 8 nitrogen and oxygen atoms in total. The van der Waals surface area contributed by atoms with E-state index in [2.05, 4.69) is 5.32 Å². The van der Waals surface area contributed by atoms with E-state index in [0.29, 0.717) is 18.6 Å². The van der Waals surface area contributed by atoms with Crippen LogP contribution in [0.1, 0.15) is 32.1 Å². The minimum atomic E-state index is -3.59. The van der Waals surface area contributed by atoms with Gasteiger partial charge in [0.15, 0.2) is 0 Å². The standard InChI is InChI=1S/C20H29N3O5S/c1-28-17-5-7-18(8-6-17)29(26,27)23-13-9-16(10-14-23)20(25)21-15-19(24)22-11-3-2-4-12-22/h5-8,16H,2-4,9-15H2,1H3,(H,21,25). The lowest BCUT2D eigenvalue weighted by Crippen LogP contribution is -2.46. The van der Waals surface area contributed by atoms with E-state index in [1.54, 1.807) is 17.0 Å². The molecule has 3 rings (SSSR count). The maximum Gasteiger partial charge on any atom is 0.243 e. The molecule has 160 valence electrons. The molecule has 0 aromatic heterocycles. The Labute approximate surface area is 172 Å². The Kier molecular flexibility index (Phi) is 7.13. The number of piperidine rings is 2. The Morgan fingerprint density at radius 2 is 1.66 bits per heavy atom. The molecule has 1 N–H and O–H groups in total. The number of hydrogen-bond donors (Lipinski definition) is 1. The lowest BCUT2D eigenvalue weighted by atomic mass is 9.97. The first kappa shape index (κ1) is 21.6. The van der Waals surface area contributed by atoms with Gasteiger partial charge in [-0.2, -0.15) is 4.31 Å².